The summed E-state index contributed by atoms with van der Waals surface area (Å²) in [6.45, 7) is 10.0. The molecule has 1 fully saturated rings. The van der Waals surface area contributed by atoms with Crippen LogP contribution in [0, 0.1) is 6.92 Å². The second-order valence-corrected chi connectivity index (χ2v) is 6.11. The van der Waals surface area contributed by atoms with Crippen molar-refractivity contribution in [2.45, 2.75) is 52.4 Å². The van der Waals surface area contributed by atoms with Crippen molar-refractivity contribution in [3.8, 4) is 0 Å². The van der Waals surface area contributed by atoms with Crippen LogP contribution in [0.25, 0.3) is 6.08 Å². The molecule has 0 atom stereocenters. The minimum absolute atomic E-state index is 0.0516. The van der Waals surface area contributed by atoms with Crippen molar-refractivity contribution in [3.63, 3.8) is 0 Å². The van der Waals surface area contributed by atoms with E-state index in [1.165, 1.54) is 0 Å². The zero-order valence-electron chi connectivity index (χ0n) is 12.8. The zero-order chi connectivity index (χ0) is 15.0. The van der Waals surface area contributed by atoms with E-state index in [1.807, 2.05) is 52.7 Å². The van der Waals surface area contributed by atoms with Gasteiger partial charge in [-0.2, -0.15) is 0 Å². The Kier molecular flexibility index (Phi) is 4.05. The summed E-state index contributed by atoms with van der Waals surface area (Å²) >= 11 is 0. The lowest BCUT2D eigenvalue weighted by atomic mass is 9.88. The fourth-order valence-electron chi connectivity index (χ4n) is 2.09. The van der Waals surface area contributed by atoms with E-state index in [1.54, 1.807) is 6.20 Å². The largest absolute Gasteiger partial charge is 0.487 e. The van der Waals surface area contributed by atoms with Crippen molar-refractivity contribution in [2.24, 2.45) is 0 Å². The molecular weight excluding hydrogens is 253 g/mol. The summed E-state index contributed by atoms with van der Waals surface area (Å²) in [5, 5.41) is 9.22. The summed E-state index contributed by atoms with van der Waals surface area (Å²) in [7, 11) is -0.356. The molecule has 1 aliphatic rings. The van der Waals surface area contributed by atoms with Crippen molar-refractivity contribution in [1.29, 1.82) is 0 Å². The van der Waals surface area contributed by atoms with Crippen molar-refractivity contribution in [1.82, 2.24) is 4.98 Å². The lowest BCUT2D eigenvalue weighted by molar-refractivity contribution is 0.00578. The van der Waals surface area contributed by atoms with Crippen LogP contribution in [0.2, 0.25) is 0 Å². The van der Waals surface area contributed by atoms with E-state index >= 15 is 0 Å². The fraction of sp³-hybridized carbons (Fsp3) is 0.533. The molecule has 0 bridgehead atoms. The van der Waals surface area contributed by atoms with Crippen LogP contribution in [0.3, 0.4) is 0 Å². The lowest BCUT2D eigenvalue weighted by Crippen LogP contribution is -2.41. The molecule has 0 aliphatic carbocycles. The predicted octanol–water partition coefficient (Wildman–Crippen LogP) is 2.53. The molecule has 0 aromatic carbocycles. The van der Waals surface area contributed by atoms with E-state index in [-0.39, 0.29) is 24.9 Å². The molecular formula is C15H22BNO3. The summed E-state index contributed by atoms with van der Waals surface area (Å²) in [6, 6.07) is 1.91. The van der Waals surface area contributed by atoms with Gasteiger partial charge in [0.25, 0.3) is 0 Å². The molecule has 0 saturated carbocycles. The number of hydrogen-bond donors (Lipinski definition) is 1. The molecule has 0 spiro atoms. The Labute approximate surface area is 121 Å². The highest BCUT2D eigenvalue weighted by Gasteiger charge is 2.49. The van der Waals surface area contributed by atoms with Gasteiger partial charge < -0.3 is 14.4 Å². The standard InChI is InChI=1S/C15H22BNO3/c1-11-12(7-9-17-13(11)10-18)6-8-16-19-14(2,3)15(4,5)20-16/h6-9,18H,10H2,1-5H3/b8-6+. The number of nitrogens with zero attached hydrogens (tertiary/aromatic N) is 1. The van der Waals surface area contributed by atoms with Gasteiger partial charge in [0.2, 0.25) is 0 Å². The molecule has 20 heavy (non-hydrogen) atoms. The SMILES string of the molecule is Cc1c(/C=C/B2OC(C)(C)C(C)(C)O2)ccnc1CO. The predicted molar refractivity (Wildman–Crippen MR) is 80.0 cm³/mol. The van der Waals surface area contributed by atoms with Gasteiger partial charge in [-0.15, -0.1) is 0 Å². The molecule has 4 nitrogen and oxygen atoms in total. The Balaban J connectivity index is 2.16. The number of aliphatic hydroxyl groups excluding tert-OH is 1. The average Bonchev–Trinajstić information content (AvgIpc) is 2.56. The van der Waals surface area contributed by atoms with Gasteiger partial charge in [-0.25, -0.2) is 0 Å². The number of aliphatic hydroxyl groups is 1. The third-order valence-electron chi connectivity index (χ3n) is 4.20. The number of pyridine rings is 1. The van der Waals surface area contributed by atoms with Gasteiger partial charge in [-0.3, -0.25) is 4.98 Å². The molecule has 1 aromatic rings. The Morgan fingerprint density at radius 1 is 1.25 bits per heavy atom. The molecule has 0 unspecified atom stereocenters. The molecule has 1 aromatic heterocycles. The highest BCUT2D eigenvalue weighted by molar-refractivity contribution is 6.52. The van der Waals surface area contributed by atoms with E-state index in [9.17, 15) is 5.11 Å². The third kappa shape index (κ3) is 2.80. The first-order chi connectivity index (χ1) is 9.27. The summed E-state index contributed by atoms with van der Waals surface area (Å²) < 4.78 is 11.8. The second-order valence-electron chi connectivity index (χ2n) is 6.11. The highest BCUT2D eigenvalue weighted by atomic mass is 16.7. The molecule has 108 valence electrons. The summed E-state index contributed by atoms with van der Waals surface area (Å²) in [5.41, 5.74) is 2.03. The summed E-state index contributed by atoms with van der Waals surface area (Å²) in [5.74, 6) is 1.90. The smallest absolute Gasteiger partial charge is 0.400 e. The second kappa shape index (κ2) is 5.32. The van der Waals surface area contributed by atoms with Crippen LogP contribution in [-0.2, 0) is 15.9 Å². The maximum absolute atomic E-state index is 9.22. The third-order valence-corrected chi connectivity index (χ3v) is 4.20. The topological polar surface area (TPSA) is 51.6 Å². The van der Waals surface area contributed by atoms with Gasteiger partial charge in [0.05, 0.1) is 23.5 Å². The molecule has 1 N–H and O–H groups in total. The number of aromatic nitrogens is 1. The van der Waals surface area contributed by atoms with Gasteiger partial charge in [0, 0.05) is 6.20 Å². The van der Waals surface area contributed by atoms with Crippen LogP contribution < -0.4 is 0 Å². The van der Waals surface area contributed by atoms with Crippen LogP contribution in [0.1, 0.15) is 44.5 Å². The minimum Gasteiger partial charge on any atom is -0.400 e. The lowest BCUT2D eigenvalue weighted by Gasteiger charge is -2.32. The van der Waals surface area contributed by atoms with Crippen molar-refractivity contribution >= 4 is 13.2 Å². The first-order valence-electron chi connectivity index (χ1n) is 6.86. The van der Waals surface area contributed by atoms with E-state index in [0.29, 0.717) is 5.69 Å². The Bertz CT molecular complexity index is 510. The maximum atomic E-state index is 9.22. The minimum atomic E-state index is -0.356. The highest BCUT2D eigenvalue weighted by Crippen LogP contribution is 2.37. The zero-order valence-corrected chi connectivity index (χ0v) is 12.8. The van der Waals surface area contributed by atoms with E-state index in [0.717, 1.165) is 11.1 Å². The first kappa shape index (κ1) is 15.2. The van der Waals surface area contributed by atoms with Crippen LogP contribution in [-0.4, -0.2) is 28.4 Å². The Morgan fingerprint density at radius 3 is 2.40 bits per heavy atom. The Hall–Kier alpha value is -1.17. The van der Waals surface area contributed by atoms with Gasteiger partial charge in [-0.1, -0.05) is 12.1 Å². The van der Waals surface area contributed by atoms with Crippen LogP contribution in [0.4, 0.5) is 0 Å². The van der Waals surface area contributed by atoms with Gasteiger partial charge >= 0.3 is 7.12 Å². The van der Waals surface area contributed by atoms with E-state index in [2.05, 4.69) is 4.98 Å². The van der Waals surface area contributed by atoms with Gasteiger partial charge in [-0.05, 0) is 51.8 Å². The number of rotatable bonds is 3. The van der Waals surface area contributed by atoms with Crippen molar-refractivity contribution in [2.75, 3.05) is 0 Å². The van der Waals surface area contributed by atoms with E-state index < -0.39 is 0 Å². The summed E-state index contributed by atoms with van der Waals surface area (Å²) in [6.07, 6.45) is 3.65. The first-order valence-corrected chi connectivity index (χ1v) is 6.86. The average molecular weight is 275 g/mol. The maximum Gasteiger partial charge on any atom is 0.487 e. The quantitative estimate of drug-likeness (QED) is 0.861. The van der Waals surface area contributed by atoms with Gasteiger partial charge in [0.1, 0.15) is 0 Å². The van der Waals surface area contributed by atoms with Crippen molar-refractivity contribution in [3.05, 3.63) is 35.1 Å². The molecule has 1 saturated heterocycles. The summed E-state index contributed by atoms with van der Waals surface area (Å²) in [4.78, 5) is 4.14. The molecule has 1 aliphatic heterocycles. The molecule has 0 amide bonds. The molecule has 2 heterocycles. The normalized spacial score (nSPS) is 20.8. The van der Waals surface area contributed by atoms with Crippen LogP contribution in [0.15, 0.2) is 18.2 Å². The van der Waals surface area contributed by atoms with Gasteiger partial charge in [0.15, 0.2) is 0 Å². The number of hydrogen-bond acceptors (Lipinski definition) is 4. The van der Waals surface area contributed by atoms with Crippen molar-refractivity contribution < 1.29 is 14.4 Å². The van der Waals surface area contributed by atoms with Crippen LogP contribution >= 0.6 is 0 Å². The van der Waals surface area contributed by atoms with E-state index in [4.69, 9.17) is 9.31 Å². The Morgan fingerprint density at radius 2 is 1.85 bits per heavy atom. The monoisotopic (exact) mass is 275 g/mol. The van der Waals surface area contributed by atoms with Crippen LogP contribution in [0.5, 0.6) is 0 Å². The molecule has 5 heteroatoms. The fourth-order valence-corrected chi connectivity index (χ4v) is 2.09. The molecule has 0 radical (unpaired) electrons. The molecule has 2 rings (SSSR count).